The summed E-state index contributed by atoms with van der Waals surface area (Å²) < 4.78 is 0. The van der Waals surface area contributed by atoms with Crippen LogP contribution in [0.3, 0.4) is 0 Å². The Kier molecular flexibility index (Phi) is 6.75. The molecule has 6 nitrogen and oxygen atoms in total. The summed E-state index contributed by atoms with van der Waals surface area (Å²) in [6.07, 6.45) is 12.2. The normalized spacial score (nSPS) is 32.7. The number of nitrogens with one attached hydrogen (secondary N) is 1. The van der Waals surface area contributed by atoms with Crippen LogP contribution in [-0.4, -0.2) is 41.4 Å². The number of carbonyl (C=O) groups is 2. The van der Waals surface area contributed by atoms with Crippen LogP contribution in [-0.2, 0) is 9.59 Å². The number of hydrogen-bond donors (Lipinski definition) is 2. The van der Waals surface area contributed by atoms with Crippen LogP contribution in [0.2, 0.25) is 0 Å². The summed E-state index contributed by atoms with van der Waals surface area (Å²) >= 11 is 0. The van der Waals surface area contributed by atoms with E-state index >= 15 is 0 Å². The molecular formula is C21H34N4O2. The fraction of sp³-hybridized carbons (Fsp3) is 0.857. The molecule has 0 bridgehead atoms. The van der Waals surface area contributed by atoms with Gasteiger partial charge in [0.05, 0.1) is 6.07 Å². The molecule has 1 heterocycles. The van der Waals surface area contributed by atoms with E-state index in [2.05, 4.69) is 16.3 Å². The van der Waals surface area contributed by atoms with Gasteiger partial charge in [0.2, 0.25) is 11.8 Å². The minimum Gasteiger partial charge on any atom is -0.369 e. The van der Waals surface area contributed by atoms with Gasteiger partial charge < -0.3 is 11.1 Å². The van der Waals surface area contributed by atoms with Gasteiger partial charge in [-0.15, -0.1) is 0 Å². The van der Waals surface area contributed by atoms with Gasteiger partial charge in [-0.25, -0.2) is 0 Å². The second-order valence-electron chi connectivity index (χ2n) is 8.91. The van der Waals surface area contributed by atoms with Gasteiger partial charge in [-0.3, -0.25) is 14.5 Å². The number of carbonyl (C=O) groups excluding carboxylic acids is 2. The molecule has 2 amide bonds. The average Bonchev–Trinajstić information content (AvgIpc) is 3.12. The summed E-state index contributed by atoms with van der Waals surface area (Å²) in [5.41, 5.74) is 4.68. The number of likely N-dealkylation sites (tertiary alicyclic amines) is 1. The quantitative estimate of drug-likeness (QED) is 0.746. The van der Waals surface area contributed by atoms with Crippen molar-refractivity contribution in [2.45, 2.75) is 88.6 Å². The molecule has 1 atom stereocenters. The van der Waals surface area contributed by atoms with E-state index in [1.54, 1.807) is 0 Å². The van der Waals surface area contributed by atoms with E-state index in [-0.39, 0.29) is 17.7 Å². The molecule has 3 fully saturated rings. The third kappa shape index (κ3) is 5.22. The first kappa shape index (κ1) is 20.1. The van der Waals surface area contributed by atoms with Crippen LogP contribution in [0, 0.1) is 23.2 Å². The van der Waals surface area contributed by atoms with E-state index in [4.69, 9.17) is 5.73 Å². The first-order valence-corrected chi connectivity index (χ1v) is 10.8. The van der Waals surface area contributed by atoms with Crippen molar-refractivity contribution >= 4 is 11.8 Å². The third-order valence-electron chi connectivity index (χ3n) is 7.01. The Balaban J connectivity index is 1.46. The van der Waals surface area contributed by atoms with Gasteiger partial charge in [-0.05, 0) is 44.4 Å². The molecule has 1 saturated heterocycles. The standard InChI is InChI=1S/C21H34N4O2/c22-14-21(24-19(26)11-6-16-4-2-1-3-5-16)12-13-25(15-21)18-9-7-17(8-10-18)20(23)27/h16-18H,1-13,15H2,(H2,23,27)(H,24,26). The highest BCUT2D eigenvalue weighted by Gasteiger charge is 2.42. The van der Waals surface area contributed by atoms with E-state index in [0.717, 1.165) is 38.6 Å². The van der Waals surface area contributed by atoms with Crippen molar-refractivity contribution in [3.05, 3.63) is 0 Å². The molecule has 150 valence electrons. The van der Waals surface area contributed by atoms with Crippen molar-refractivity contribution in [2.24, 2.45) is 17.6 Å². The minimum absolute atomic E-state index is 0.00377. The zero-order valence-corrected chi connectivity index (χ0v) is 16.4. The molecule has 0 aromatic carbocycles. The van der Waals surface area contributed by atoms with Crippen LogP contribution < -0.4 is 11.1 Å². The Labute approximate surface area is 162 Å². The number of rotatable bonds is 6. The van der Waals surface area contributed by atoms with Gasteiger partial charge in [0.25, 0.3) is 0 Å². The Morgan fingerprint density at radius 3 is 2.44 bits per heavy atom. The van der Waals surface area contributed by atoms with Crippen LogP contribution >= 0.6 is 0 Å². The van der Waals surface area contributed by atoms with E-state index in [1.807, 2.05) is 0 Å². The highest BCUT2D eigenvalue weighted by Crippen LogP contribution is 2.32. The molecule has 3 aliphatic rings. The molecule has 3 rings (SSSR count). The van der Waals surface area contributed by atoms with Crippen molar-refractivity contribution in [3.8, 4) is 6.07 Å². The molecule has 2 aliphatic carbocycles. The smallest absolute Gasteiger partial charge is 0.221 e. The maximum Gasteiger partial charge on any atom is 0.221 e. The molecule has 0 radical (unpaired) electrons. The van der Waals surface area contributed by atoms with E-state index in [9.17, 15) is 14.9 Å². The zero-order chi connectivity index (χ0) is 19.3. The highest BCUT2D eigenvalue weighted by atomic mass is 16.2. The number of nitrogens with two attached hydrogens (primary N) is 1. The van der Waals surface area contributed by atoms with Crippen molar-refractivity contribution < 1.29 is 9.59 Å². The third-order valence-corrected chi connectivity index (χ3v) is 7.01. The predicted molar refractivity (Wildman–Crippen MR) is 103 cm³/mol. The molecule has 2 saturated carbocycles. The molecule has 6 heteroatoms. The number of nitriles is 1. The van der Waals surface area contributed by atoms with Gasteiger partial charge >= 0.3 is 0 Å². The first-order chi connectivity index (χ1) is 13.0. The average molecular weight is 375 g/mol. The summed E-state index contributed by atoms with van der Waals surface area (Å²) in [6.45, 7) is 1.44. The molecule has 0 aromatic heterocycles. The fourth-order valence-corrected chi connectivity index (χ4v) is 5.24. The highest BCUT2D eigenvalue weighted by molar-refractivity contribution is 5.77. The van der Waals surface area contributed by atoms with Crippen LogP contribution in [0.5, 0.6) is 0 Å². The molecule has 27 heavy (non-hydrogen) atoms. The molecule has 0 spiro atoms. The van der Waals surface area contributed by atoms with Gasteiger partial charge in [-0.1, -0.05) is 32.1 Å². The monoisotopic (exact) mass is 374 g/mol. The van der Waals surface area contributed by atoms with Gasteiger partial charge in [0.1, 0.15) is 5.54 Å². The lowest BCUT2D eigenvalue weighted by Gasteiger charge is -2.34. The maximum atomic E-state index is 12.5. The first-order valence-electron chi connectivity index (χ1n) is 10.8. The van der Waals surface area contributed by atoms with Crippen LogP contribution in [0.1, 0.15) is 77.0 Å². The van der Waals surface area contributed by atoms with Crippen LogP contribution in [0.4, 0.5) is 0 Å². The number of amides is 2. The fourth-order valence-electron chi connectivity index (χ4n) is 5.24. The molecule has 1 unspecified atom stereocenters. The number of hydrogen-bond acceptors (Lipinski definition) is 4. The van der Waals surface area contributed by atoms with Gasteiger partial charge in [0, 0.05) is 31.5 Å². The summed E-state index contributed by atoms with van der Waals surface area (Å²) in [5, 5.41) is 12.8. The van der Waals surface area contributed by atoms with Crippen molar-refractivity contribution in [1.29, 1.82) is 5.26 Å². The lowest BCUT2D eigenvalue weighted by molar-refractivity contribution is -0.124. The summed E-state index contributed by atoms with van der Waals surface area (Å²) in [7, 11) is 0. The SMILES string of the molecule is N#CC1(NC(=O)CCC2CCCCC2)CCN(C2CCC(C(N)=O)CC2)C1. The summed E-state index contributed by atoms with van der Waals surface area (Å²) in [5.74, 6) is 0.528. The van der Waals surface area contributed by atoms with Gasteiger partial charge in [-0.2, -0.15) is 5.26 Å². The summed E-state index contributed by atoms with van der Waals surface area (Å²) in [6, 6.07) is 2.79. The van der Waals surface area contributed by atoms with Crippen molar-refractivity contribution in [2.75, 3.05) is 13.1 Å². The number of primary amides is 1. The molecule has 1 aliphatic heterocycles. The second-order valence-corrected chi connectivity index (χ2v) is 8.91. The minimum atomic E-state index is -0.746. The van der Waals surface area contributed by atoms with E-state index < -0.39 is 5.54 Å². The lowest BCUT2D eigenvalue weighted by Crippen LogP contribution is -2.50. The zero-order valence-electron chi connectivity index (χ0n) is 16.4. The molecule has 0 aromatic rings. The largest absolute Gasteiger partial charge is 0.369 e. The Bertz CT molecular complexity index is 573. The van der Waals surface area contributed by atoms with Gasteiger partial charge in [0.15, 0.2) is 0 Å². The van der Waals surface area contributed by atoms with E-state index in [0.29, 0.717) is 31.3 Å². The predicted octanol–water partition coefficient (Wildman–Crippen LogP) is 2.48. The van der Waals surface area contributed by atoms with Crippen LogP contribution in [0.25, 0.3) is 0 Å². The van der Waals surface area contributed by atoms with Crippen molar-refractivity contribution in [1.82, 2.24) is 10.2 Å². The second kappa shape index (κ2) is 9.05. The number of nitrogens with zero attached hydrogens (tertiary/aromatic N) is 2. The maximum absolute atomic E-state index is 12.5. The topological polar surface area (TPSA) is 99.2 Å². The van der Waals surface area contributed by atoms with Crippen LogP contribution in [0.15, 0.2) is 0 Å². The van der Waals surface area contributed by atoms with Crippen molar-refractivity contribution in [3.63, 3.8) is 0 Å². The Hall–Kier alpha value is -1.61. The van der Waals surface area contributed by atoms with E-state index in [1.165, 1.54) is 32.1 Å². The molecule has 3 N–H and O–H groups in total. The lowest BCUT2D eigenvalue weighted by atomic mass is 9.85. The summed E-state index contributed by atoms with van der Waals surface area (Å²) in [4.78, 5) is 26.2. The Morgan fingerprint density at radius 1 is 1.11 bits per heavy atom. The Morgan fingerprint density at radius 2 is 1.81 bits per heavy atom. The molecular weight excluding hydrogens is 340 g/mol.